The monoisotopic (exact) mass is 411 g/mol. The molecule has 3 aromatic rings. The highest BCUT2D eigenvalue weighted by atomic mass is 19.1. The summed E-state index contributed by atoms with van der Waals surface area (Å²) in [6.45, 7) is 2.23. The standard InChI is InChI=1S/C22H23F2N5O/c1-14-10-15(12-16(11-14)22(30)25-2)19-5-6-21(29-28-19)27-9-7-17(23)13-20-18(24)4-3-8-26-20/h3-6,8,10-12,17H,7,9,13H2,1-2H3,(H,25,30)(H,27,29)/t17-/m0/s1. The lowest BCUT2D eigenvalue weighted by Crippen LogP contribution is -2.17. The quantitative estimate of drug-likeness (QED) is 0.591. The van der Waals surface area contributed by atoms with E-state index in [2.05, 4.69) is 25.8 Å². The Morgan fingerprint density at radius 3 is 2.70 bits per heavy atom. The lowest BCUT2D eigenvalue weighted by molar-refractivity contribution is 0.0963. The van der Waals surface area contributed by atoms with Crippen molar-refractivity contribution in [2.75, 3.05) is 18.9 Å². The van der Waals surface area contributed by atoms with E-state index in [1.165, 1.54) is 18.3 Å². The van der Waals surface area contributed by atoms with E-state index in [1.807, 2.05) is 13.0 Å². The van der Waals surface area contributed by atoms with E-state index >= 15 is 0 Å². The number of rotatable bonds is 8. The second-order valence-electron chi connectivity index (χ2n) is 6.92. The molecule has 1 atom stereocenters. The summed E-state index contributed by atoms with van der Waals surface area (Å²) < 4.78 is 27.7. The number of pyridine rings is 1. The van der Waals surface area contributed by atoms with Crippen molar-refractivity contribution in [2.45, 2.75) is 25.9 Å². The fourth-order valence-corrected chi connectivity index (χ4v) is 3.02. The van der Waals surface area contributed by atoms with E-state index in [0.29, 0.717) is 23.6 Å². The molecule has 30 heavy (non-hydrogen) atoms. The number of alkyl halides is 1. The molecule has 0 spiro atoms. The molecule has 0 unspecified atom stereocenters. The third-order valence-electron chi connectivity index (χ3n) is 4.54. The smallest absolute Gasteiger partial charge is 0.251 e. The Labute approximate surface area is 173 Å². The molecule has 0 aliphatic rings. The number of nitrogens with zero attached hydrogens (tertiary/aromatic N) is 3. The first kappa shape index (κ1) is 21.3. The molecule has 0 saturated heterocycles. The number of hydrogen-bond acceptors (Lipinski definition) is 5. The molecule has 1 amide bonds. The van der Waals surface area contributed by atoms with Crippen LogP contribution < -0.4 is 10.6 Å². The van der Waals surface area contributed by atoms with E-state index in [0.717, 1.165) is 11.1 Å². The number of amides is 1. The van der Waals surface area contributed by atoms with Gasteiger partial charge in [-0.05, 0) is 61.4 Å². The van der Waals surface area contributed by atoms with Gasteiger partial charge in [0.2, 0.25) is 0 Å². The molecule has 0 radical (unpaired) electrons. The number of carbonyl (C=O) groups excluding carboxylic acids is 1. The fraction of sp³-hybridized carbons (Fsp3) is 0.273. The molecule has 2 N–H and O–H groups in total. The molecule has 0 aliphatic carbocycles. The highest BCUT2D eigenvalue weighted by molar-refractivity contribution is 5.95. The normalized spacial score (nSPS) is 11.7. The molecule has 2 heterocycles. The van der Waals surface area contributed by atoms with Crippen molar-refractivity contribution >= 4 is 11.7 Å². The molecular formula is C22H23F2N5O. The van der Waals surface area contributed by atoms with E-state index in [1.54, 1.807) is 31.3 Å². The van der Waals surface area contributed by atoms with Crippen molar-refractivity contribution in [3.63, 3.8) is 0 Å². The molecule has 6 nitrogen and oxygen atoms in total. The largest absolute Gasteiger partial charge is 0.368 e. The van der Waals surface area contributed by atoms with Gasteiger partial charge in [-0.15, -0.1) is 10.2 Å². The maximum absolute atomic E-state index is 14.1. The van der Waals surface area contributed by atoms with Crippen molar-refractivity contribution in [1.29, 1.82) is 0 Å². The molecule has 8 heteroatoms. The van der Waals surface area contributed by atoms with Crippen LogP contribution in [0.15, 0.2) is 48.7 Å². The number of benzene rings is 1. The maximum atomic E-state index is 14.1. The molecule has 0 bridgehead atoms. The van der Waals surface area contributed by atoms with E-state index in [9.17, 15) is 13.6 Å². The summed E-state index contributed by atoms with van der Waals surface area (Å²) in [4.78, 5) is 15.8. The van der Waals surface area contributed by atoms with E-state index < -0.39 is 12.0 Å². The summed E-state index contributed by atoms with van der Waals surface area (Å²) in [5.41, 5.74) is 3.03. The van der Waals surface area contributed by atoms with Crippen LogP contribution in [-0.2, 0) is 6.42 Å². The van der Waals surface area contributed by atoms with Crippen LogP contribution in [0.2, 0.25) is 0 Å². The van der Waals surface area contributed by atoms with Crippen LogP contribution >= 0.6 is 0 Å². The predicted molar refractivity (Wildman–Crippen MR) is 111 cm³/mol. The van der Waals surface area contributed by atoms with E-state index in [4.69, 9.17) is 0 Å². The summed E-state index contributed by atoms with van der Waals surface area (Å²) in [7, 11) is 1.58. The summed E-state index contributed by atoms with van der Waals surface area (Å²) in [5.74, 6) is -0.156. The molecule has 0 saturated carbocycles. The summed E-state index contributed by atoms with van der Waals surface area (Å²) in [6.07, 6.45) is 0.351. The van der Waals surface area contributed by atoms with Gasteiger partial charge in [-0.1, -0.05) is 0 Å². The maximum Gasteiger partial charge on any atom is 0.251 e. The van der Waals surface area contributed by atoms with Gasteiger partial charge < -0.3 is 10.6 Å². The van der Waals surface area contributed by atoms with Gasteiger partial charge in [0.1, 0.15) is 17.8 Å². The van der Waals surface area contributed by atoms with Crippen LogP contribution in [-0.4, -0.2) is 40.9 Å². The number of anilines is 1. The second-order valence-corrected chi connectivity index (χ2v) is 6.92. The lowest BCUT2D eigenvalue weighted by Gasteiger charge is -2.10. The molecule has 156 valence electrons. The SMILES string of the molecule is CNC(=O)c1cc(C)cc(-c2ccc(NCC[C@H](F)Cc3ncccc3F)nn2)c1. The Balaban J connectivity index is 1.57. The van der Waals surface area contributed by atoms with Crippen molar-refractivity contribution in [2.24, 2.45) is 0 Å². The Morgan fingerprint density at radius 2 is 2.00 bits per heavy atom. The number of halogens is 2. The number of aromatic nitrogens is 3. The van der Waals surface area contributed by atoms with Gasteiger partial charge in [-0.25, -0.2) is 8.78 Å². The minimum absolute atomic E-state index is 0.0694. The average molecular weight is 411 g/mol. The molecule has 1 aromatic carbocycles. The predicted octanol–water partition coefficient (Wildman–Crippen LogP) is 3.73. The highest BCUT2D eigenvalue weighted by Gasteiger charge is 2.12. The fourth-order valence-electron chi connectivity index (χ4n) is 3.02. The minimum Gasteiger partial charge on any atom is -0.368 e. The Bertz CT molecular complexity index is 1010. The van der Waals surface area contributed by atoms with Crippen molar-refractivity contribution in [3.8, 4) is 11.3 Å². The molecule has 2 aromatic heterocycles. The molecular weight excluding hydrogens is 388 g/mol. The second kappa shape index (κ2) is 9.87. The van der Waals surface area contributed by atoms with E-state index in [-0.39, 0.29) is 24.4 Å². The number of aryl methyl sites for hydroxylation is 1. The van der Waals surface area contributed by atoms with Crippen LogP contribution in [0.4, 0.5) is 14.6 Å². The van der Waals surface area contributed by atoms with Gasteiger partial charge in [0, 0.05) is 37.3 Å². The van der Waals surface area contributed by atoms with Crippen LogP contribution in [0.25, 0.3) is 11.3 Å². The van der Waals surface area contributed by atoms with Gasteiger partial charge >= 0.3 is 0 Å². The van der Waals surface area contributed by atoms with Gasteiger partial charge in [0.25, 0.3) is 5.91 Å². The number of hydrogen-bond donors (Lipinski definition) is 2. The minimum atomic E-state index is -1.22. The van der Waals surface area contributed by atoms with Crippen molar-refractivity contribution in [1.82, 2.24) is 20.5 Å². The van der Waals surface area contributed by atoms with Crippen LogP contribution in [0.5, 0.6) is 0 Å². The zero-order chi connectivity index (χ0) is 21.5. The van der Waals surface area contributed by atoms with Crippen molar-refractivity contribution in [3.05, 3.63) is 71.3 Å². The van der Waals surface area contributed by atoms with Gasteiger partial charge in [-0.2, -0.15) is 0 Å². The molecule has 3 rings (SSSR count). The van der Waals surface area contributed by atoms with Crippen LogP contribution in [0.3, 0.4) is 0 Å². The summed E-state index contributed by atoms with van der Waals surface area (Å²) in [5, 5.41) is 13.9. The number of carbonyl (C=O) groups is 1. The first-order valence-electron chi connectivity index (χ1n) is 9.61. The lowest BCUT2D eigenvalue weighted by atomic mass is 10.0. The van der Waals surface area contributed by atoms with Gasteiger partial charge in [-0.3, -0.25) is 9.78 Å². The first-order chi connectivity index (χ1) is 14.5. The zero-order valence-electron chi connectivity index (χ0n) is 16.8. The topological polar surface area (TPSA) is 79.8 Å². The van der Waals surface area contributed by atoms with Crippen LogP contribution in [0.1, 0.15) is 28.0 Å². The number of nitrogens with one attached hydrogen (secondary N) is 2. The Morgan fingerprint density at radius 1 is 1.17 bits per heavy atom. The summed E-state index contributed by atoms with van der Waals surface area (Å²) in [6, 6.07) is 11.8. The highest BCUT2D eigenvalue weighted by Crippen LogP contribution is 2.21. The third-order valence-corrected chi connectivity index (χ3v) is 4.54. The summed E-state index contributed by atoms with van der Waals surface area (Å²) >= 11 is 0. The molecule has 0 aliphatic heterocycles. The average Bonchev–Trinajstić information content (AvgIpc) is 2.75. The zero-order valence-corrected chi connectivity index (χ0v) is 16.8. The molecule has 0 fully saturated rings. The Hall–Kier alpha value is -3.42. The van der Waals surface area contributed by atoms with Crippen molar-refractivity contribution < 1.29 is 13.6 Å². The van der Waals surface area contributed by atoms with Gasteiger partial charge in [0.05, 0.1) is 11.4 Å². The van der Waals surface area contributed by atoms with Crippen LogP contribution in [0, 0.1) is 12.7 Å². The Kier molecular flexibility index (Phi) is 7.00. The third kappa shape index (κ3) is 5.56. The van der Waals surface area contributed by atoms with Gasteiger partial charge in [0.15, 0.2) is 0 Å². The first-order valence-corrected chi connectivity index (χ1v) is 9.61.